The van der Waals surface area contributed by atoms with Gasteiger partial charge in [0.05, 0.1) is 34.6 Å². The summed E-state index contributed by atoms with van der Waals surface area (Å²) < 4.78 is 2.07. The van der Waals surface area contributed by atoms with Gasteiger partial charge in [-0.3, -0.25) is 4.99 Å². The highest BCUT2D eigenvalue weighted by atomic mass is 16.4. The van der Waals surface area contributed by atoms with E-state index in [2.05, 4.69) is 41.8 Å². The van der Waals surface area contributed by atoms with Crippen molar-refractivity contribution < 1.29 is 9.90 Å². The number of benzene rings is 2. The maximum atomic E-state index is 11.6. The molecule has 2 aromatic carbocycles. The third-order valence-electron chi connectivity index (χ3n) is 6.66. The van der Waals surface area contributed by atoms with Gasteiger partial charge in [-0.05, 0) is 66.6 Å². The van der Waals surface area contributed by atoms with Gasteiger partial charge in [-0.2, -0.15) is 5.10 Å². The van der Waals surface area contributed by atoms with Gasteiger partial charge in [-0.15, -0.1) is 0 Å². The molecular formula is C27H28N4O2. The van der Waals surface area contributed by atoms with E-state index in [0.717, 1.165) is 54.4 Å². The summed E-state index contributed by atoms with van der Waals surface area (Å²) in [4.78, 5) is 16.3. The summed E-state index contributed by atoms with van der Waals surface area (Å²) in [7, 11) is 0. The second kappa shape index (κ2) is 8.03. The van der Waals surface area contributed by atoms with Gasteiger partial charge in [0.1, 0.15) is 0 Å². The zero-order valence-electron chi connectivity index (χ0n) is 19.0. The maximum Gasteiger partial charge on any atom is 0.339 e. The van der Waals surface area contributed by atoms with E-state index in [4.69, 9.17) is 10.7 Å². The Morgan fingerprint density at radius 3 is 2.61 bits per heavy atom. The Morgan fingerprint density at radius 2 is 1.91 bits per heavy atom. The molecule has 5 rings (SSSR count). The minimum atomic E-state index is -1.04. The van der Waals surface area contributed by atoms with Gasteiger partial charge in [0.2, 0.25) is 0 Å². The molecule has 0 bridgehead atoms. The number of carboxylic acid groups (broad SMARTS) is 1. The van der Waals surface area contributed by atoms with Crippen LogP contribution in [-0.2, 0) is 16.6 Å². The Labute approximate surface area is 193 Å². The Kier molecular flexibility index (Phi) is 5.16. The Morgan fingerprint density at radius 1 is 1.18 bits per heavy atom. The molecule has 3 aromatic rings. The largest absolute Gasteiger partial charge is 0.478 e. The summed E-state index contributed by atoms with van der Waals surface area (Å²) in [5, 5.41) is 14.2. The molecule has 0 atom stereocenters. The standard InChI is InChI=1S/C27H28N4O2/c1-27(2)12-11-20-16-29-31(25(20)27)22-8-4-6-19(14-22)18-5-3-7-21(13-18)30-24(17-9-10-17)23(15-28)26(32)33/h3-8,13-17H,9-12,28H2,1-2H3,(H,32,33). The molecule has 0 unspecified atom stereocenters. The summed E-state index contributed by atoms with van der Waals surface area (Å²) in [6, 6.07) is 16.2. The summed E-state index contributed by atoms with van der Waals surface area (Å²) in [6.07, 6.45) is 7.23. The number of aliphatic carboxylic acids is 1. The van der Waals surface area contributed by atoms with Gasteiger partial charge in [-0.25, -0.2) is 9.48 Å². The number of aromatic nitrogens is 2. The lowest BCUT2D eigenvalue weighted by molar-refractivity contribution is -0.132. The van der Waals surface area contributed by atoms with Gasteiger partial charge >= 0.3 is 5.97 Å². The zero-order chi connectivity index (χ0) is 23.2. The van der Waals surface area contributed by atoms with Crippen molar-refractivity contribution >= 4 is 17.4 Å². The molecule has 1 saturated carbocycles. The van der Waals surface area contributed by atoms with Gasteiger partial charge in [0.15, 0.2) is 0 Å². The number of hydrogen-bond acceptors (Lipinski definition) is 4. The molecule has 0 saturated heterocycles. The van der Waals surface area contributed by atoms with Crippen LogP contribution in [0.4, 0.5) is 5.69 Å². The number of fused-ring (bicyclic) bond motifs is 1. The molecule has 0 aliphatic heterocycles. The number of carboxylic acids is 1. The van der Waals surface area contributed by atoms with Crippen LogP contribution in [0.25, 0.3) is 16.8 Å². The number of aryl methyl sites for hydroxylation is 1. The summed E-state index contributed by atoms with van der Waals surface area (Å²) in [5.74, 6) is -0.880. The van der Waals surface area contributed by atoms with Crippen LogP contribution in [0.3, 0.4) is 0 Å². The molecule has 0 radical (unpaired) electrons. The molecule has 33 heavy (non-hydrogen) atoms. The quantitative estimate of drug-likeness (QED) is 0.408. The predicted octanol–water partition coefficient (Wildman–Crippen LogP) is 5.17. The molecule has 2 aliphatic carbocycles. The second-order valence-corrected chi connectivity index (χ2v) is 9.57. The van der Waals surface area contributed by atoms with Crippen molar-refractivity contribution in [2.75, 3.05) is 0 Å². The monoisotopic (exact) mass is 440 g/mol. The molecule has 0 amide bonds. The molecule has 1 aromatic heterocycles. The molecule has 2 aliphatic rings. The van der Waals surface area contributed by atoms with Crippen LogP contribution < -0.4 is 5.73 Å². The highest BCUT2D eigenvalue weighted by molar-refractivity contribution is 6.21. The molecule has 6 heteroatoms. The highest BCUT2D eigenvalue weighted by Crippen LogP contribution is 2.40. The third-order valence-corrected chi connectivity index (χ3v) is 6.66. The average molecular weight is 441 g/mol. The van der Waals surface area contributed by atoms with Crippen molar-refractivity contribution in [1.82, 2.24) is 9.78 Å². The van der Waals surface area contributed by atoms with Crippen LogP contribution in [0, 0.1) is 5.92 Å². The number of nitrogens with two attached hydrogens (primary N) is 1. The molecule has 1 heterocycles. The number of carbonyl (C=O) groups is 1. The molecular weight excluding hydrogens is 412 g/mol. The number of hydrogen-bond donors (Lipinski definition) is 2. The van der Waals surface area contributed by atoms with E-state index in [1.165, 1.54) is 11.3 Å². The summed E-state index contributed by atoms with van der Waals surface area (Å²) in [5.41, 5.74) is 12.8. The number of rotatable bonds is 6. The van der Waals surface area contributed by atoms with Crippen molar-refractivity contribution in [3.8, 4) is 16.8 Å². The van der Waals surface area contributed by atoms with Crippen molar-refractivity contribution in [2.45, 2.75) is 44.9 Å². The van der Waals surface area contributed by atoms with Crippen LogP contribution in [0.2, 0.25) is 0 Å². The number of nitrogens with zero attached hydrogens (tertiary/aromatic N) is 3. The molecule has 168 valence electrons. The van der Waals surface area contributed by atoms with Crippen molar-refractivity contribution in [3.63, 3.8) is 0 Å². The van der Waals surface area contributed by atoms with Crippen LogP contribution in [0.1, 0.15) is 44.4 Å². The smallest absolute Gasteiger partial charge is 0.339 e. The van der Waals surface area contributed by atoms with Gasteiger partial charge in [-0.1, -0.05) is 38.1 Å². The molecule has 6 nitrogen and oxygen atoms in total. The highest BCUT2D eigenvalue weighted by Gasteiger charge is 2.34. The number of aliphatic imine (C=N–C) groups is 1. The van der Waals surface area contributed by atoms with Gasteiger partial charge in [0, 0.05) is 17.5 Å². The van der Waals surface area contributed by atoms with E-state index >= 15 is 0 Å². The lowest BCUT2D eigenvalue weighted by atomic mass is 9.90. The first-order valence-electron chi connectivity index (χ1n) is 11.4. The van der Waals surface area contributed by atoms with E-state index in [1.807, 2.05) is 36.5 Å². The lowest BCUT2D eigenvalue weighted by Crippen LogP contribution is -2.18. The van der Waals surface area contributed by atoms with E-state index in [0.29, 0.717) is 5.71 Å². The first-order valence-corrected chi connectivity index (χ1v) is 11.4. The minimum Gasteiger partial charge on any atom is -0.478 e. The molecule has 1 fully saturated rings. The third kappa shape index (κ3) is 3.97. The van der Waals surface area contributed by atoms with Crippen molar-refractivity contribution in [3.05, 3.63) is 77.8 Å². The van der Waals surface area contributed by atoms with Crippen LogP contribution in [0.15, 0.2) is 71.5 Å². The predicted molar refractivity (Wildman–Crippen MR) is 130 cm³/mol. The van der Waals surface area contributed by atoms with Gasteiger partial charge in [0.25, 0.3) is 0 Å². The van der Waals surface area contributed by atoms with Crippen molar-refractivity contribution in [2.24, 2.45) is 16.6 Å². The Hall–Kier alpha value is -3.67. The summed E-state index contributed by atoms with van der Waals surface area (Å²) >= 11 is 0. The van der Waals surface area contributed by atoms with E-state index in [9.17, 15) is 9.90 Å². The fourth-order valence-electron chi connectivity index (χ4n) is 4.75. The van der Waals surface area contributed by atoms with Crippen LogP contribution >= 0.6 is 0 Å². The average Bonchev–Trinajstić information content (AvgIpc) is 3.48. The van der Waals surface area contributed by atoms with Crippen LogP contribution in [-0.4, -0.2) is 26.6 Å². The normalized spacial score (nSPS) is 17.8. The van der Waals surface area contributed by atoms with E-state index in [-0.39, 0.29) is 16.9 Å². The van der Waals surface area contributed by atoms with E-state index < -0.39 is 5.97 Å². The van der Waals surface area contributed by atoms with E-state index in [1.54, 1.807) is 0 Å². The van der Waals surface area contributed by atoms with Crippen molar-refractivity contribution in [1.29, 1.82) is 0 Å². The van der Waals surface area contributed by atoms with Crippen LogP contribution in [0.5, 0.6) is 0 Å². The maximum absolute atomic E-state index is 11.6. The molecule has 0 spiro atoms. The fraction of sp³-hybridized carbons (Fsp3) is 0.296. The topological polar surface area (TPSA) is 93.5 Å². The van der Waals surface area contributed by atoms with Gasteiger partial charge < -0.3 is 10.8 Å². The second-order valence-electron chi connectivity index (χ2n) is 9.57. The first kappa shape index (κ1) is 21.2. The first-order chi connectivity index (χ1) is 15.9. The summed E-state index contributed by atoms with van der Waals surface area (Å²) in [6.45, 7) is 4.56. The Balaban J connectivity index is 1.52. The lowest BCUT2D eigenvalue weighted by Gasteiger charge is -2.21. The minimum absolute atomic E-state index is 0.0834. The Bertz CT molecular complexity index is 1290. The fourth-order valence-corrected chi connectivity index (χ4v) is 4.75. The zero-order valence-corrected chi connectivity index (χ0v) is 19.0. The SMILES string of the molecule is CC1(C)CCc2cnn(-c3cccc(-c4cccc(N=C(C(=CN)C(=O)O)C5CC5)c4)c3)c21. The molecule has 3 N–H and O–H groups in total.